The number of carboxylic acid groups (broad SMARTS) is 1. The Morgan fingerprint density at radius 1 is 1.35 bits per heavy atom. The van der Waals surface area contributed by atoms with Crippen LogP contribution in [0, 0.1) is 5.82 Å². The van der Waals surface area contributed by atoms with Crippen LogP contribution in [0.25, 0.3) is 0 Å². The van der Waals surface area contributed by atoms with Gasteiger partial charge in [0.1, 0.15) is 5.69 Å². The Hall–Kier alpha value is -2.35. The maximum absolute atomic E-state index is 14.1. The first-order valence-electron chi connectivity index (χ1n) is 6.39. The first kappa shape index (κ1) is 17.0. The van der Waals surface area contributed by atoms with Crippen LogP contribution < -0.4 is 5.32 Å². The molecule has 0 aromatic carbocycles. The molecule has 0 aliphatic rings. The van der Waals surface area contributed by atoms with Crippen LogP contribution >= 0.6 is 11.6 Å². The Bertz CT molecular complexity index is 714. The lowest BCUT2D eigenvalue weighted by Gasteiger charge is -2.17. The van der Waals surface area contributed by atoms with Crippen molar-refractivity contribution in [2.75, 3.05) is 11.9 Å². The zero-order chi connectivity index (χ0) is 17.0. The Balaban J connectivity index is 2.19. The number of nitrogens with one attached hydrogen (secondary N) is 1. The molecular weight excluding hydrogens is 335 g/mol. The molecule has 23 heavy (non-hydrogen) atoms. The molecule has 0 aliphatic carbocycles. The van der Waals surface area contributed by atoms with E-state index in [1.807, 2.05) is 0 Å². The second-order valence-corrected chi connectivity index (χ2v) is 5.00. The van der Waals surface area contributed by atoms with Crippen molar-refractivity contribution in [1.82, 2.24) is 9.97 Å². The van der Waals surface area contributed by atoms with Crippen LogP contribution in [0.5, 0.6) is 0 Å². The van der Waals surface area contributed by atoms with Gasteiger partial charge in [-0.2, -0.15) is 8.78 Å². The number of anilines is 1. The number of carbonyl (C=O) groups is 1. The van der Waals surface area contributed by atoms with Crippen LogP contribution in [-0.4, -0.2) is 27.6 Å². The van der Waals surface area contributed by atoms with Crippen LogP contribution in [0.2, 0.25) is 5.02 Å². The highest BCUT2D eigenvalue weighted by Crippen LogP contribution is 2.28. The van der Waals surface area contributed by atoms with Gasteiger partial charge in [0.15, 0.2) is 11.6 Å². The van der Waals surface area contributed by atoms with E-state index < -0.39 is 42.2 Å². The van der Waals surface area contributed by atoms with Crippen molar-refractivity contribution >= 4 is 23.4 Å². The molecule has 0 spiro atoms. The van der Waals surface area contributed by atoms with Crippen LogP contribution in [0.1, 0.15) is 11.3 Å². The van der Waals surface area contributed by atoms with Gasteiger partial charge < -0.3 is 10.4 Å². The third-order valence-corrected chi connectivity index (χ3v) is 3.24. The number of aromatic nitrogens is 2. The molecule has 0 atom stereocenters. The number of hydrogen-bond donors (Lipinski definition) is 2. The molecule has 2 aromatic heterocycles. The van der Waals surface area contributed by atoms with Crippen molar-refractivity contribution in [2.45, 2.75) is 12.3 Å². The first-order valence-corrected chi connectivity index (χ1v) is 6.77. The second kappa shape index (κ2) is 6.82. The van der Waals surface area contributed by atoms with Crippen LogP contribution in [0.4, 0.5) is 19.0 Å². The summed E-state index contributed by atoms with van der Waals surface area (Å²) in [5.74, 6) is -6.23. The van der Waals surface area contributed by atoms with Crippen LogP contribution in [0.3, 0.4) is 0 Å². The Morgan fingerprint density at radius 3 is 2.70 bits per heavy atom. The lowest BCUT2D eigenvalue weighted by atomic mass is 10.1. The summed E-state index contributed by atoms with van der Waals surface area (Å²) < 4.78 is 42.1. The zero-order valence-electron chi connectivity index (χ0n) is 11.6. The Labute approximate surface area is 134 Å². The number of alkyl halides is 2. The molecule has 0 unspecified atom stereocenters. The van der Waals surface area contributed by atoms with Gasteiger partial charge in [0.05, 0.1) is 18.0 Å². The summed E-state index contributed by atoms with van der Waals surface area (Å²) in [6.07, 6.45) is 1.54. The van der Waals surface area contributed by atoms with Crippen molar-refractivity contribution in [1.29, 1.82) is 0 Å². The smallest absolute Gasteiger partial charge is 0.307 e. The van der Waals surface area contributed by atoms with Gasteiger partial charge in [0.2, 0.25) is 0 Å². The molecule has 5 nitrogen and oxygen atoms in total. The molecule has 0 fully saturated rings. The van der Waals surface area contributed by atoms with Crippen molar-refractivity contribution in [2.24, 2.45) is 0 Å². The Morgan fingerprint density at radius 2 is 2.09 bits per heavy atom. The van der Waals surface area contributed by atoms with Gasteiger partial charge in [-0.05, 0) is 12.1 Å². The molecule has 0 saturated heterocycles. The van der Waals surface area contributed by atoms with Gasteiger partial charge in [0, 0.05) is 18.0 Å². The zero-order valence-corrected chi connectivity index (χ0v) is 12.3. The average molecular weight is 346 g/mol. The third-order valence-electron chi connectivity index (χ3n) is 2.91. The normalized spacial score (nSPS) is 11.3. The van der Waals surface area contributed by atoms with Crippen molar-refractivity contribution in [3.63, 3.8) is 0 Å². The molecule has 2 N–H and O–H groups in total. The number of nitrogens with zero attached hydrogens (tertiary/aromatic N) is 2. The van der Waals surface area contributed by atoms with E-state index in [0.717, 1.165) is 12.3 Å². The number of pyridine rings is 2. The topological polar surface area (TPSA) is 75.1 Å². The van der Waals surface area contributed by atoms with E-state index in [9.17, 15) is 18.0 Å². The minimum atomic E-state index is -3.36. The van der Waals surface area contributed by atoms with E-state index >= 15 is 0 Å². The summed E-state index contributed by atoms with van der Waals surface area (Å²) in [5.41, 5.74) is -0.801. The predicted octanol–water partition coefficient (Wildman–Crippen LogP) is 3.10. The number of carboxylic acids is 1. The van der Waals surface area contributed by atoms with Crippen molar-refractivity contribution in [3.8, 4) is 0 Å². The van der Waals surface area contributed by atoms with Crippen LogP contribution in [-0.2, 0) is 17.1 Å². The molecule has 2 rings (SSSR count). The summed E-state index contributed by atoms with van der Waals surface area (Å²) >= 11 is 5.68. The summed E-state index contributed by atoms with van der Waals surface area (Å²) in [4.78, 5) is 17.8. The van der Waals surface area contributed by atoms with E-state index in [-0.39, 0.29) is 10.6 Å². The minimum Gasteiger partial charge on any atom is -0.481 e. The Kier molecular flexibility index (Phi) is 5.05. The van der Waals surface area contributed by atoms with Gasteiger partial charge in [-0.3, -0.25) is 9.78 Å². The van der Waals surface area contributed by atoms with E-state index in [1.54, 1.807) is 0 Å². The summed E-state index contributed by atoms with van der Waals surface area (Å²) in [7, 11) is 0. The molecule has 0 saturated carbocycles. The standard InChI is InChI=1S/C14H11ClF3N3O2/c15-9-6-20-13(12(16)8(9)5-11(22)23)21-7-14(17,18)10-3-1-2-4-19-10/h1-4,6H,5,7H2,(H,20,21)(H,22,23). The monoisotopic (exact) mass is 345 g/mol. The number of halogens is 4. The molecule has 2 heterocycles. The molecule has 9 heteroatoms. The van der Waals surface area contributed by atoms with E-state index in [2.05, 4.69) is 15.3 Å². The van der Waals surface area contributed by atoms with Crippen LogP contribution in [0.15, 0.2) is 30.6 Å². The fourth-order valence-electron chi connectivity index (χ4n) is 1.80. The minimum absolute atomic E-state index is 0.188. The van der Waals surface area contributed by atoms with Gasteiger partial charge in [-0.15, -0.1) is 0 Å². The van der Waals surface area contributed by atoms with Gasteiger partial charge in [0.25, 0.3) is 0 Å². The fourth-order valence-corrected chi connectivity index (χ4v) is 2.00. The molecule has 0 amide bonds. The van der Waals surface area contributed by atoms with Gasteiger partial charge in [-0.25, -0.2) is 9.37 Å². The highest BCUT2D eigenvalue weighted by atomic mass is 35.5. The number of aliphatic carboxylic acids is 1. The largest absolute Gasteiger partial charge is 0.481 e. The maximum atomic E-state index is 14.1. The van der Waals surface area contributed by atoms with E-state index in [0.29, 0.717) is 0 Å². The molecule has 0 radical (unpaired) electrons. The molecule has 2 aromatic rings. The van der Waals surface area contributed by atoms with Gasteiger partial charge >= 0.3 is 11.9 Å². The number of hydrogen-bond acceptors (Lipinski definition) is 4. The lowest BCUT2D eigenvalue weighted by Crippen LogP contribution is -2.26. The predicted molar refractivity (Wildman–Crippen MR) is 77.2 cm³/mol. The van der Waals surface area contributed by atoms with E-state index in [1.165, 1.54) is 18.3 Å². The highest BCUT2D eigenvalue weighted by molar-refractivity contribution is 6.31. The van der Waals surface area contributed by atoms with Crippen molar-refractivity contribution < 1.29 is 23.1 Å². The first-order chi connectivity index (χ1) is 10.8. The molecular formula is C14H11ClF3N3O2. The molecule has 0 aliphatic heterocycles. The SMILES string of the molecule is O=C(O)Cc1c(Cl)cnc(NCC(F)(F)c2ccccn2)c1F. The summed E-state index contributed by atoms with van der Waals surface area (Å²) in [6.45, 7) is -0.956. The molecule has 122 valence electrons. The molecule has 0 bridgehead atoms. The lowest BCUT2D eigenvalue weighted by molar-refractivity contribution is -0.136. The maximum Gasteiger partial charge on any atom is 0.307 e. The second-order valence-electron chi connectivity index (χ2n) is 4.59. The quantitative estimate of drug-likeness (QED) is 0.841. The fraction of sp³-hybridized carbons (Fsp3) is 0.214. The van der Waals surface area contributed by atoms with E-state index in [4.69, 9.17) is 16.7 Å². The number of rotatable bonds is 6. The van der Waals surface area contributed by atoms with Crippen molar-refractivity contribution in [3.05, 3.63) is 52.7 Å². The average Bonchev–Trinajstić information content (AvgIpc) is 2.51. The third kappa shape index (κ3) is 4.10. The summed E-state index contributed by atoms with van der Waals surface area (Å²) in [6, 6.07) is 4.04. The van der Waals surface area contributed by atoms with Gasteiger partial charge in [-0.1, -0.05) is 17.7 Å². The summed E-state index contributed by atoms with van der Waals surface area (Å²) in [5, 5.41) is 10.7. The highest BCUT2D eigenvalue weighted by Gasteiger charge is 2.33.